The monoisotopic (exact) mass is 246 g/mol. The Hall–Kier alpha value is -1.79. The van der Waals surface area contributed by atoms with Crippen molar-refractivity contribution in [2.24, 2.45) is 0 Å². The number of H-pyrrole nitrogens is 1. The zero-order valence-electron chi connectivity index (χ0n) is 10.0. The lowest BCUT2D eigenvalue weighted by atomic mass is 10.2. The van der Waals surface area contributed by atoms with Crippen LogP contribution in [-0.2, 0) is 4.74 Å². The van der Waals surface area contributed by atoms with E-state index in [1.54, 1.807) is 25.4 Å². The molecule has 0 bridgehead atoms. The van der Waals surface area contributed by atoms with Gasteiger partial charge in [0.25, 0.3) is 5.56 Å². The van der Waals surface area contributed by atoms with Crippen molar-refractivity contribution in [3.05, 3.63) is 34.5 Å². The van der Waals surface area contributed by atoms with Crippen LogP contribution in [0.15, 0.2) is 23.1 Å². The molecule has 0 radical (unpaired) electrons. The minimum Gasteiger partial charge on any atom is -0.380 e. The quantitative estimate of drug-likeness (QED) is 0.800. The lowest BCUT2D eigenvalue weighted by Crippen LogP contribution is -2.21. The Labute approximate surface area is 103 Å². The average Bonchev–Trinajstić information content (AvgIpc) is 2.87. The van der Waals surface area contributed by atoms with E-state index in [0.717, 1.165) is 13.0 Å². The molecule has 6 nitrogen and oxygen atoms in total. The lowest BCUT2D eigenvalue weighted by Gasteiger charge is -2.09. The van der Waals surface area contributed by atoms with Crippen LogP contribution in [-0.4, -0.2) is 34.7 Å². The van der Waals surface area contributed by atoms with Crippen LogP contribution in [0.3, 0.4) is 0 Å². The van der Waals surface area contributed by atoms with E-state index in [2.05, 4.69) is 20.3 Å². The SMILES string of the molecule is CO[C@H]1CN[C@@H](c2nc3ncccc3c(=O)[nH]2)C1. The summed E-state index contributed by atoms with van der Waals surface area (Å²) in [4.78, 5) is 23.3. The summed E-state index contributed by atoms with van der Waals surface area (Å²) in [5.74, 6) is 0.630. The normalized spacial score (nSPS) is 23.6. The minimum absolute atomic E-state index is 0.0223. The van der Waals surface area contributed by atoms with Crippen molar-refractivity contribution in [1.29, 1.82) is 0 Å². The second-order valence-electron chi connectivity index (χ2n) is 4.38. The molecule has 0 spiro atoms. The first-order valence-electron chi connectivity index (χ1n) is 5.89. The van der Waals surface area contributed by atoms with Gasteiger partial charge in [-0.15, -0.1) is 0 Å². The summed E-state index contributed by atoms with van der Waals surface area (Å²) in [6.07, 6.45) is 2.61. The van der Waals surface area contributed by atoms with E-state index in [1.165, 1.54) is 0 Å². The summed E-state index contributed by atoms with van der Waals surface area (Å²) < 4.78 is 5.28. The highest BCUT2D eigenvalue weighted by atomic mass is 16.5. The van der Waals surface area contributed by atoms with Crippen molar-refractivity contribution in [3.63, 3.8) is 0 Å². The van der Waals surface area contributed by atoms with Crippen LogP contribution in [0.4, 0.5) is 0 Å². The summed E-state index contributed by atoms with van der Waals surface area (Å²) >= 11 is 0. The van der Waals surface area contributed by atoms with Crippen molar-refractivity contribution in [2.75, 3.05) is 13.7 Å². The Morgan fingerprint density at radius 1 is 1.50 bits per heavy atom. The predicted octanol–water partition coefficient (Wildman–Crippen LogP) is 0.367. The molecule has 1 fully saturated rings. The molecule has 6 heteroatoms. The molecule has 3 heterocycles. The van der Waals surface area contributed by atoms with E-state index in [-0.39, 0.29) is 17.7 Å². The van der Waals surface area contributed by atoms with Gasteiger partial charge in [-0.05, 0) is 18.6 Å². The van der Waals surface area contributed by atoms with Crippen LogP contribution in [0.2, 0.25) is 0 Å². The van der Waals surface area contributed by atoms with Crippen LogP contribution in [0, 0.1) is 0 Å². The first-order chi connectivity index (χ1) is 8.78. The molecule has 0 aromatic carbocycles. The van der Waals surface area contributed by atoms with Crippen molar-refractivity contribution < 1.29 is 4.74 Å². The Balaban J connectivity index is 2.01. The molecule has 2 aromatic heterocycles. The minimum atomic E-state index is -0.147. The molecule has 1 saturated heterocycles. The number of ether oxygens (including phenoxy) is 1. The number of fused-ring (bicyclic) bond motifs is 1. The molecule has 0 amide bonds. The number of nitrogens with zero attached hydrogens (tertiary/aromatic N) is 2. The molecule has 3 rings (SSSR count). The fourth-order valence-corrected chi connectivity index (χ4v) is 2.25. The third-order valence-corrected chi connectivity index (χ3v) is 3.25. The van der Waals surface area contributed by atoms with Crippen LogP contribution in [0.5, 0.6) is 0 Å². The molecule has 0 unspecified atom stereocenters. The maximum atomic E-state index is 11.9. The molecule has 94 valence electrons. The van der Waals surface area contributed by atoms with Crippen molar-refractivity contribution in [2.45, 2.75) is 18.6 Å². The van der Waals surface area contributed by atoms with E-state index in [9.17, 15) is 4.79 Å². The number of rotatable bonds is 2. The van der Waals surface area contributed by atoms with Crippen LogP contribution >= 0.6 is 0 Å². The second-order valence-corrected chi connectivity index (χ2v) is 4.38. The van der Waals surface area contributed by atoms with Gasteiger partial charge in [-0.3, -0.25) is 4.79 Å². The summed E-state index contributed by atoms with van der Waals surface area (Å²) in [5.41, 5.74) is 0.338. The van der Waals surface area contributed by atoms with E-state index in [1.807, 2.05) is 0 Å². The molecular weight excluding hydrogens is 232 g/mol. The highest BCUT2D eigenvalue weighted by Crippen LogP contribution is 2.21. The molecule has 0 aliphatic carbocycles. The molecule has 1 aliphatic heterocycles. The fourth-order valence-electron chi connectivity index (χ4n) is 2.25. The van der Waals surface area contributed by atoms with Gasteiger partial charge >= 0.3 is 0 Å². The third kappa shape index (κ3) is 1.89. The maximum Gasteiger partial charge on any atom is 0.260 e. The zero-order chi connectivity index (χ0) is 12.5. The van der Waals surface area contributed by atoms with Gasteiger partial charge in [-0.1, -0.05) is 0 Å². The largest absolute Gasteiger partial charge is 0.380 e. The standard InChI is InChI=1S/C12H14N4O2/c1-18-7-5-9(14-6-7)11-15-10-8(12(17)16-11)3-2-4-13-10/h2-4,7,9,14H,5-6H2,1H3,(H,13,15,16,17)/t7-,9-/m1/s1. The van der Waals surface area contributed by atoms with Crippen LogP contribution in [0.25, 0.3) is 11.0 Å². The smallest absolute Gasteiger partial charge is 0.260 e. The number of methoxy groups -OCH3 is 1. The number of hydrogen-bond acceptors (Lipinski definition) is 5. The third-order valence-electron chi connectivity index (χ3n) is 3.25. The summed E-state index contributed by atoms with van der Waals surface area (Å²) in [5, 5.41) is 3.80. The fraction of sp³-hybridized carbons (Fsp3) is 0.417. The summed E-state index contributed by atoms with van der Waals surface area (Å²) in [7, 11) is 1.69. The number of nitrogens with one attached hydrogen (secondary N) is 2. The van der Waals surface area contributed by atoms with Crippen LogP contribution < -0.4 is 10.9 Å². The highest BCUT2D eigenvalue weighted by Gasteiger charge is 2.27. The summed E-state index contributed by atoms with van der Waals surface area (Å²) in [6.45, 7) is 0.769. The van der Waals surface area contributed by atoms with Crippen LogP contribution in [0.1, 0.15) is 18.3 Å². The summed E-state index contributed by atoms with van der Waals surface area (Å²) in [6, 6.07) is 3.47. The first-order valence-corrected chi connectivity index (χ1v) is 5.89. The van der Waals surface area contributed by atoms with Crippen molar-refractivity contribution >= 4 is 11.0 Å². The number of hydrogen-bond donors (Lipinski definition) is 2. The Morgan fingerprint density at radius 2 is 2.39 bits per heavy atom. The molecule has 2 aromatic rings. The zero-order valence-corrected chi connectivity index (χ0v) is 10.0. The van der Waals surface area contributed by atoms with E-state index < -0.39 is 0 Å². The maximum absolute atomic E-state index is 11.9. The molecule has 0 saturated carbocycles. The second kappa shape index (κ2) is 4.47. The van der Waals surface area contributed by atoms with Gasteiger partial charge in [0, 0.05) is 19.9 Å². The highest BCUT2D eigenvalue weighted by molar-refractivity contribution is 5.72. The van der Waals surface area contributed by atoms with Crippen molar-refractivity contribution in [1.82, 2.24) is 20.3 Å². The Morgan fingerprint density at radius 3 is 3.17 bits per heavy atom. The van der Waals surface area contributed by atoms with E-state index in [4.69, 9.17) is 4.74 Å². The van der Waals surface area contributed by atoms with Gasteiger partial charge < -0.3 is 15.0 Å². The first kappa shape index (κ1) is 11.3. The number of aromatic amines is 1. The number of pyridine rings is 1. The van der Waals surface area contributed by atoms with Gasteiger partial charge in [-0.2, -0.15) is 0 Å². The molecule has 2 N–H and O–H groups in total. The molecule has 1 aliphatic rings. The van der Waals surface area contributed by atoms with Gasteiger partial charge in [-0.25, -0.2) is 9.97 Å². The molecular formula is C12H14N4O2. The number of aromatic nitrogens is 3. The van der Waals surface area contributed by atoms with Gasteiger partial charge in [0.05, 0.1) is 17.5 Å². The molecule has 2 atom stereocenters. The van der Waals surface area contributed by atoms with Gasteiger partial charge in [0.15, 0.2) is 5.65 Å². The van der Waals surface area contributed by atoms with E-state index in [0.29, 0.717) is 16.9 Å². The van der Waals surface area contributed by atoms with E-state index >= 15 is 0 Å². The lowest BCUT2D eigenvalue weighted by molar-refractivity contribution is 0.117. The topological polar surface area (TPSA) is 79.9 Å². The van der Waals surface area contributed by atoms with Gasteiger partial charge in [0.2, 0.25) is 0 Å². The van der Waals surface area contributed by atoms with Gasteiger partial charge in [0.1, 0.15) is 5.82 Å². The van der Waals surface area contributed by atoms with Crippen molar-refractivity contribution in [3.8, 4) is 0 Å². The Kier molecular flexibility index (Phi) is 2.81. The molecule has 18 heavy (non-hydrogen) atoms. The Bertz CT molecular complexity index is 625. The predicted molar refractivity (Wildman–Crippen MR) is 66.3 cm³/mol. The average molecular weight is 246 g/mol.